The van der Waals surface area contributed by atoms with Crippen molar-refractivity contribution in [1.29, 1.82) is 0 Å². The lowest BCUT2D eigenvalue weighted by Crippen LogP contribution is -2.13. The molecule has 0 aliphatic carbocycles. The van der Waals surface area contributed by atoms with Gasteiger partial charge in [0.05, 0.1) is 16.9 Å². The molecule has 0 amide bonds. The quantitative estimate of drug-likeness (QED) is 0.789. The van der Waals surface area contributed by atoms with Gasteiger partial charge in [-0.05, 0) is 52.7 Å². The zero-order chi connectivity index (χ0) is 14.9. The van der Waals surface area contributed by atoms with E-state index in [9.17, 15) is 8.42 Å². The summed E-state index contributed by atoms with van der Waals surface area (Å²) in [4.78, 5) is 3.95. The van der Waals surface area contributed by atoms with Crippen molar-refractivity contribution in [3.63, 3.8) is 0 Å². The maximum Gasteiger partial charge on any atom is 0.263 e. The Labute approximate surface area is 135 Å². The smallest absolute Gasteiger partial charge is 0.263 e. The SMILES string of the molecule is Cc1cc(NS(=O)(=O)c2cc(Cl)ccc2Cl)cnc1Br. The first kappa shape index (κ1) is 15.6. The molecule has 1 aromatic heterocycles. The highest BCUT2D eigenvalue weighted by Gasteiger charge is 2.19. The van der Waals surface area contributed by atoms with Crippen LogP contribution in [-0.4, -0.2) is 13.4 Å². The van der Waals surface area contributed by atoms with Gasteiger partial charge in [0.15, 0.2) is 0 Å². The summed E-state index contributed by atoms with van der Waals surface area (Å²) in [6.07, 6.45) is 1.41. The standard InChI is InChI=1S/C12H9BrCl2N2O2S/c1-7-4-9(6-16-12(7)13)17-20(18,19)11-5-8(14)2-3-10(11)15/h2-6,17H,1H3. The molecule has 0 bridgehead atoms. The van der Waals surface area contributed by atoms with Crippen LogP contribution in [-0.2, 0) is 10.0 Å². The second-order valence-corrected chi connectivity index (χ2v) is 7.26. The van der Waals surface area contributed by atoms with Crippen molar-refractivity contribution in [3.8, 4) is 0 Å². The maximum atomic E-state index is 12.3. The Balaban J connectivity index is 2.40. The second-order valence-electron chi connectivity index (χ2n) is 4.01. The summed E-state index contributed by atoms with van der Waals surface area (Å²) in [6, 6.07) is 5.91. The molecule has 0 aliphatic rings. The van der Waals surface area contributed by atoms with Gasteiger partial charge in [-0.15, -0.1) is 0 Å². The fraction of sp³-hybridized carbons (Fsp3) is 0.0833. The number of halogens is 3. The number of aryl methyl sites for hydroxylation is 1. The number of nitrogens with one attached hydrogen (secondary N) is 1. The third-order valence-electron chi connectivity index (χ3n) is 2.45. The summed E-state index contributed by atoms with van der Waals surface area (Å²) in [7, 11) is -3.82. The summed E-state index contributed by atoms with van der Waals surface area (Å²) >= 11 is 15.0. The number of benzene rings is 1. The van der Waals surface area contributed by atoms with Crippen LogP contribution in [0, 0.1) is 6.92 Å². The Morgan fingerprint density at radius 3 is 2.60 bits per heavy atom. The van der Waals surface area contributed by atoms with Gasteiger partial charge in [0.1, 0.15) is 9.50 Å². The highest BCUT2D eigenvalue weighted by atomic mass is 79.9. The molecular formula is C12H9BrCl2N2O2S. The summed E-state index contributed by atoms with van der Waals surface area (Å²) in [6.45, 7) is 1.81. The minimum absolute atomic E-state index is 0.0766. The normalized spacial score (nSPS) is 11.4. The van der Waals surface area contributed by atoms with Crippen molar-refractivity contribution in [1.82, 2.24) is 4.98 Å². The van der Waals surface area contributed by atoms with Crippen LogP contribution >= 0.6 is 39.1 Å². The van der Waals surface area contributed by atoms with Gasteiger partial charge in [-0.3, -0.25) is 4.72 Å². The Morgan fingerprint density at radius 1 is 1.25 bits per heavy atom. The Kier molecular flexibility index (Phi) is 4.59. The summed E-state index contributed by atoms with van der Waals surface area (Å²) in [5.74, 6) is 0. The van der Waals surface area contributed by atoms with E-state index in [1.54, 1.807) is 13.0 Å². The predicted octanol–water partition coefficient (Wildman–Crippen LogP) is 4.26. The average molecular weight is 396 g/mol. The van der Waals surface area contributed by atoms with Crippen molar-refractivity contribution in [2.24, 2.45) is 0 Å². The predicted molar refractivity (Wildman–Crippen MR) is 83.9 cm³/mol. The number of sulfonamides is 1. The van der Waals surface area contributed by atoms with Crippen molar-refractivity contribution >= 4 is 54.8 Å². The van der Waals surface area contributed by atoms with Crippen LogP contribution in [0.25, 0.3) is 0 Å². The molecule has 8 heteroatoms. The molecule has 0 saturated heterocycles. The van der Waals surface area contributed by atoms with Crippen molar-refractivity contribution in [2.75, 3.05) is 4.72 Å². The molecule has 4 nitrogen and oxygen atoms in total. The molecule has 2 aromatic rings. The van der Waals surface area contributed by atoms with E-state index in [1.807, 2.05) is 0 Å². The number of hydrogen-bond acceptors (Lipinski definition) is 3. The highest BCUT2D eigenvalue weighted by molar-refractivity contribution is 9.10. The molecule has 0 atom stereocenters. The van der Waals surface area contributed by atoms with Crippen LogP contribution in [0.3, 0.4) is 0 Å². The first-order chi connectivity index (χ1) is 9.29. The molecule has 0 fully saturated rings. The lowest BCUT2D eigenvalue weighted by atomic mass is 10.3. The molecular weight excluding hydrogens is 387 g/mol. The summed E-state index contributed by atoms with van der Waals surface area (Å²) in [5.41, 5.74) is 1.16. The summed E-state index contributed by atoms with van der Waals surface area (Å²) in [5, 5.41) is 0.392. The number of hydrogen-bond donors (Lipinski definition) is 1. The number of nitrogens with zero attached hydrogens (tertiary/aromatic N) is 1. The molecule has 2 rings (SSSR count). The zero-order valence-corrected chi connectivity index (χ0v) is 14.1. The van der Waals surface area contributed by atoms with Crippen LogP contribution < -0.4 is 4.72 Å². The fourth-order valence-corrected chi connectivity index (χ4v) is 3.52. The van der Waals surface area contributed by atoms with Gasteiger partial charge in [0.2, 0.25) is 0 Å². The molecule has 106 valence electrons. The lowest BCUT2D eigenvalue weighted by molar-refractivity contribution is 0.601. The number of anilines is 1. The second kappa shape index (κ2) is 5.89. The van der Waals surface area contributed by atoms with Crippen LogP contribution in [0.1, 0.15) is 5.56 Å². The molecule has 0 spiro atoms. The van der Waals surface area contributed by atoms with Crippen molar-refractivity contribution in [2.45, 2.75) is 11.8 Å². The average Bonchev–Trinajstić information content (AvgIpc) is 2.36. The zero-order valence-electron chi connectivity index (χ0n) is 10.2. The van der Waals surface area contributed by atoms with E-state index < -0.39 is 10.0 Å². The van der Waals surface area contributed by atoms with E-state index in [2.05, 4.69) is 25.6 Å². The van der Waals surface area contributed by atoms with Crippen LogP contribution in [0.15, 0.2) is 40.0 Å². The third-order valence-corrected chi connectivity index (χ3v) is 5.38. The van der Waals surface area contributed by atoms with Gasteiger partial charge in [-0.1, -0.05) is 23.2 Å². The minimum Gasteiger partial charge on any atom is -0.278 e. The Hall–Kier alpha value is -0.820. The Morgan fingerprint density at radius 2 is 1.95 bits per heavy atom. The van der Waals surface area contributed by atoms with E-state index in [1.165, 1.54) is 24.4 Å². The molecule has 1 N–H and O–H groups in total. The van der Waals surface area contributed by atoms with E-state index >= 15 is 0 Å². The largest absolute Gasteiger partial charge is 0.278 e. The molecule has 1 heterocycles. The van der Waals surface area contributed by atoms with Gasteiger partial charge in [-0.25, -0.2) is 13.4 Å². The van der Waals surface area contributed by atoms with Crippen molar-refractivity contribution < 1.29 is 8.42 Å². The Bertz CT molecular complexity index is 766. The maximum absolute atomic E-state index is 12.3. The third kappa shape index (κ3) is 3.44. The first-order valence-corrected chi connectivity index (χ1v) is 8.43. The fourth-order valence-electron chi connectivity index (χ4n) is 1.51. The van der Waals surface area contributed by atoms with Crippen LogP contribution in [0.2, 0.25) is 10.0 Å². The van der Waals surface area contributed by atoms with Gasteiger partial charge in [0, 0.05) is 5.02 Å². The number of aromatic nitrogens is 1. The van der Waals surface area contributed by atoms with E-state index in [4.69, 9.17) is 23.2 Å². The number of rotatable bonds is 3. The van der Waals surface area contributed by atoms with E-state index in [0.29, 0.717) is 15.3 Å². The lowest BCUT2D eigenvalue weighted by Gasteiger charge is -2.10. The molecule has 0 aliphatic heterocycles. The molecule has 0 saturated carbocycles. The first-order valence-electron chi connectivity index (χ1n) is 5.39. The van der Waals surface area contributed by atoms with Gasteiger partial charge >= 0.3 is 0 Å². The summed E-state index contributed by atoms with van der Waals surface area (Å²) < 4.78 is 27.6. The number of pyridine rings is 1. The molecule has 20 heavy (non-hydrogen) atoms. The monoisotopic (exact) mass is 394 g/mol. The van der Waals surface area contributed by atoms with E-state index in [0.717, 1.165) is 5.56 Å². The molecule has 0 unspecified atom stereocenters. The van der Waals surface area contributed by atoms with Gasteiger partial charge in [0.25, 0.3) is 10.0 Å². The minimum atomic E-state index is -3.82. The molecule has 0 radical (unpaired) electrons. The molecule has 1 aromatic carbocycles. The van der Waals surface area contributed by atoms with Crippen LogP contribution in [0.5, 0.6) is 0 Å². The van der Waals surface area contributed by atoms with Crippen molar-refractivity contribution in [3.05, 3.63) is 50.7 Å². The topological polar surface area (TPSA) is 59.1 Å². The van der Waals surface area contributed by atoms with Gasteiger partial charge < -0.3 is 0 Å². The van der Waals surface area contributed by atoms with Crippen LogP contribution in [0.4, 0.5) is 5.69 Å². The highest BCUT2D eigenvalue weighted by Crippen LogP contribution is 2.27. The van der Waals surface area contributed by atoms with Gasteiger partial charge in [-0.2, -0.15) is 0 Å². The van der Waals surface area contributed by atoms with E-state index in [-0.39, 0.29) is 9.92 Å².